The number of nitrogens with zero attached hydrogens (tertiary/aromatic N) is 1. The van der Waals surface area contributed by atoms with E-state index in [-0.39, 0.29) is 5.97 Å². The first-order valence-electron chi connectivity index (χ1n) is 6.81. The van der Waals surface area contributed by atoms with E-state index < -0.39 is 6.10 Å². The summed E-state index contributed by atoms with van der Waals surface area (Å²) >= 11 is 2.18. The highest BCUT2D eigenvalue weighted by Crippen LogP contribution is 2.23. The average Bonchev–Trinajstić information content (AvgIpc) is 2.51. The second-order valence-electron chi connectivity index (χ2n) is 4.40. The molecule has 0 fully saturated rings. The Kier molecular flexibility index (Phi) is 6.00. The third-order valence-electron chi connectivity index (χ3n) is 2.68. The first-order chi connectivity index (χ1) is 10.6. The van der Waals surface area contributed by atoms with E-state index in [4.69, 9.17) is 14.2 Å². The van der Waals surface area contributed by atoms with Crippen LogP contribution in [-0.4, -0.2) is 23.7 Å². The van der Waals surface area contributed by atoms with Gasteiger partial charge >= 0.3 is 5.97 Å². The molecule has 5 nitrogen and oxygen atoms in total. The Balaban J connectivity index is 1.95. The third kappa shape index (κ3) is 4.87. The molecule has 0 bridgehead atoms. The Morgan fingerprint density at radius 2 is 1.86 bits per heavy atom. The molecule has 1 unspecified atom stereocenters. The molecule has 1 heterocycles. The fraction of sp³-hybridized carbons (Fsp3) is 0.250. The van der Waals surface area contributed by atoms with Crippen molar-refractivity contribution in [2.75, 3.05) is 6.61 Å². The van der Waals surface area contributed by atoms with E-state index in [1.54, 1.807) is 50.4 Å². The fourth-order valence-electron chi connectivity index (χ4n) is 1.64. The van der Waals surface area contributed by atoms with Crippen molar-refractivity contribution < 1.29 is 19.0 Å². The lowest BCUT2D eigenvalue weighted by molar-refractivity contribution is -0.150. The standard InChI is InChI=1S/C16H16INO4/c1-3-20-16(19)11(2)21-13-5-7-14(8-6-13)22-15-9-4-12(17)10-18-15/h4-11H,3H2,1-2H3. The Hall–Kier alpha value is -1.83. The first kappa shape index (κ1) is 16.5. The molecule has 0 aliphatic carbocycles. The minimum absolute atomic E-state index is 0.336. The predicted octanol–water partition coefficient (Wildman–Crippen LogP) is 3.81. The second-order valence-corrected chi connectivity index (χ2v) is 5.65. The number of esters is 1. The van der Waals surface area contributed by atoms with Gasteiger partial charge in [-0.3, -0.25) is 0 Å². The van der Waals surface area contributed by atoms with Gasteiger partial charge in [-0.2, -0.15) is 0 Å². The molecule has 116 valence electrons. The van der Waals surface area contributed by atoms with Crippen molar-refractivity contribution >= 4 is 28.6 Å². The van der Waals surface area contributed by atoms with Gasteiger partial charge in [0.15, 0.2) is 6.10 Å². The lowest BCUT2D eigenvalue weighted by Crippen LogP contribution is -2.25. The van der Waals surface area contributed by atoms with Crippen molar-refractivity contribution in [1.29, 1.82) is 0 Å². The molecule has 0 aliphatic heterocycles. The number of halogens is 1. The van der Waals surface area contributed by atoms with Crippen LogP contribution in [0.25, 0.3) is 0 Å². The second kappa shape index (κ2) is 7.98. The molecule has 1 atom stereocenters. The molecule has 2 rings (SSSR count). The lowest BCUT2D eigenvalue weighted by atomic mass is 10.3. The Bertz CT molecular complexity index is 613. The van der Waals surface area contributed by atoms with Crippen molar-refractivity contribution in [2.45, 2.75) is 20.0 Å². The molecule has 0 N–H and O–H groups in total. The topological polar surface area (TPSA) is 57.7 Å². The summed E-state index contributed by atoms with van der Waals surface area (Å²) in [7, 11) is 0. The summed E-state index contributed by atoms with van der Waals surface area (Å²) in [6.45, 7) is 3.75. The minimum atomic E-state index is -0.649. The molecule has 1 aromatic carbocycles. The molecule has 22 heavy (non-hydrogen) atoms. The maximum Gasteiger partial charge on any atom is 0.347 e. The molecular formula is C16H16INO4. The largest absolute Gasteiger partial charge is 0.479 e. The Morgan fingerprint density at radius 3 is 2.45 bits per heavy atom. The summed E-state index contributed by atoms with van der Waals surface area (Å²) in [5.41, 5.74) is 0. The summed E-state index contributed by atoms with van der Waals surface area (Å²) in [4.78, 5) is 15.7. The number of carbonyl (C=O) groups is 1. The molecule has 6 heteroatoms. The zero-order valence-corrected chi connectivity index (χ0v) is 14.4. The first-order valence-corrected chi connectivity index (χ1v) is 7.89. The molecule has 0 radical (unpaired) electrons. The maximum atomic E-state index is 11.5. The molecule has 0 saturated carbocycles. The van der Waals surface area contributed by atoms with Crippen molar-refractivity contribution in [3.05, 3.63) is 46.2 Å². The van der Waals surface area contributed by atoms with E-state index in [1.807, 2.05) is 6.07 Å². The number of hydrogen-bond acceptors (Lipinski definition) is 5. The predicted molar refractivity (Wildman–Crippen MR) is 90.2 cm³/mol. The van der Waals surface area contributed by atoms with Gasteiger partial charge in [-0.15, -0.1) is 0 Å². The lowest BCUT2D eigenvalue weighted by Gasteiger charge is -2.13. The number of hydrogen-bond donors (Lipinski definition) is 0. The van der Waals surface area contributed by atoms with Crippen LogP contribution >= 0.6 is 22.6 Å². The highest BCUT2D eigenvalue weighted by atomic mass is 127. The van der Waals surface area contributed by atoms with Crippen LogP contribution in [0, 0.1) is 3.57 Å². The molecule has 0 aliphatic rings. The van der Waals surface area contributed by atoms with Gasteiger partial charge in [0.05, 0.1) is 6.61 Å². The quantitative estimate of drug-likeness (QED) is 0.533. The van der Waals surface area contributed by atoms with Crippen LogP contribution in [0.2, 0.25) is 0 Å². The monoisotopic (exact) mass is 413 g/mol. The van der Waals surface area contributed by atoms with Crippen molar-refractivity contribution in [2.24, 2.45) is 0 Å². The summed E-state index contributed by atoms with van der Waals surface area (Å²) in [6.07, 6.45) is 1.08. The van der Waals surface area contributed by atoms with Crippen LogP contribution < -0.4 is 9.47 Å². The average molecular weight is 413 g/mol. The molecule has 0 saturated heterocycles. The summed E-state index contributed by atoms with van der Waals surface area (Å²) < 4.78 is 17.1. The normalized spacial score (nSPS) is 11.6. The Morgan fingerprint density at radius 1 is 1.18 bits per heavy atom. The van der Waals surface area contributed by atoms with Crippen LogP contribution in [0.3, 0.4) is 0 Å². The van der Waals surface area contributed by atoms with Gasteiger partial charge in [-0.1, -0.05) is 0 Å². The van der Waals surface area contributed by atoms with E-state index in [1.165, 1.54) is 0 Å². The van der Waals surface area contributed by atoms with Gasteiger partial charge in [0, 0.05) is 15.8 Å². The molecule has 0 amide bonds. The molecule has 0 spiro atoms. The number of carbonyl (C=O) groups excluding carboxylic acids is 1. The Labute approximate surface area is 142 Å². The zero-order chi connectivity index (χ0) is 15.9. The van der Waals surface area contributed by atoms with Gasteiger partial charge < -0.3 is 14.2 Å². The van der Waals surface area contributed by atoms with Gasteiger partial charge in [0.1, 0.15) is 11.5 Å². The van der Waals surface area contributed by atoms with E-state index in [2.05, 4.69) is 27.6 Å². The van der Waals surface area contributed by atoms with Crippen LogP contribution in [0.5, 0.6) is 17.4 Å². The van der Waals surface area contributed by atoms with Crippen molar-refractivity contribution in [1.82, 2.24) is 4.98 Å². The van der Waals surface area contributed by atoms with E-state index in [0.29, 0.717) is 24.0 Å². The summed E-state index contributed by atoms with van der Waals surface area (Å²) in [5, 5.41) is 0. The van der Waals surface area contributed by atoms with Crippen LogP contribution in [0.4, 0.5) is 0 Å². The van der Waals surface area contributed by atoms with Gasteiger partial charge in [-0.25, -0.2) is 9.78 Å². The number of pyridine rings is 1. The third-order valence-corrected chi connectivity index (χ3v) is 3.32. The van der Waals surface area contributed by atoms with Gasteiger partial charge in [0.25, 0.3) is 0 Å². The highest BCUT2D eigenvalue weighted by Gasteiger charge is 2.15. The molecular weight excluding hydrogens is 397 g/mol. The number of aromatic nitrogens is 1. The molecule has 2 aromatic rings. The van der Waals surface area contributed by atoms with Crippen molar-refractivity contribution in [3.63, 3.8) is 0 Å². The smallest absolute Gasteiger partial charge is 0.347 e. The number of rotatable bonds is 6. The summed E-state index contributed by atoms with van der Waals surface area (Å²) in [5.74, 6) is 1.35. The SMILES string of the molecule is CCOC(=O)C(C)Oc1ccc(Oc2ccc(I)cn2)cc1. The summed E-state index contributed by atoms with van der Waals surface area (Å²) in [6, 6.07) is 10.7. The van der Waals surface area contributed by atoms with Crippen LogP contribution in [0.1, 0.15) is 13.8 Å². The van der Waals surface area contributed by atoms with E-state index >= 15 is 0 Å². The zero-order valence-electron chi connectivity index (χ0n) is 12.3. The maximum absolute atomic E-state index is 11.5. The van der Waals surface area contributed by atoms with E-state index in [9.17, 15) is 4.79 Å². The number of benzene rings is 1. The fourth-order valence-corrected chi connectivity index (χ4v) is 1.96. The highest BCUT2D eigenvalue weighted by molar-refractivity contribution is 14.1. The van der Waals surface area contributed by atoms with Crippen molar-refractivity contribution in [3.8, 4) is 17.4 Å². The minimum Gasteiger partial charge on any atom is -0.479 e. The van der Waals surface area contributed by atoms with Gasteiger partial charge in [-0.05, 0) is 66.8 Å². The number of ether oxygens (including phenoxy) is 3. The van der Waals surface area contributed by atoms with Crippen LogP contribution in [-0.2, 0) is 9.53 Å². The van der Waals surface area contributed by atoms with Gasteiger partial charge in [0.2, 0.25) is 5.88 Å². The van der Waals surface area contributed by atoms with Crippen LogP contribution in [0.15, 0.2) is 42.6 Å². The molecule has 1 aromatic heterocycles. The van der Waals surface area contributed by atoms with E-state index in [0.717, 1.165) is 3.57 Å².